The number of amides is 1. The van der Waals surface area contributed by atoms with Gasteiger partial charge in [-0.1, -0.05) is 29.4 Å². The summed E-state index contributed by atoms with van der Waals surface area (Å²) in [4.78, 5) is 16.1. The number of hydrogen-bond donors (Lipinski definition) is 0. The number of nitrogens with zero attached hydrogens (tertiary/aromatic N) is 4. The molecule has 0 aliphatic carbocycles. The summed E-state index contributed by atoms with van der Waals surface area (Å²) in [5.74, 6) is 0.377. The van der Waals surface area contributed by atoms with Crippen molar-refractivity contribution in [2.75, 3.05) is 36.8 Å². The van der Waals surface area contributed by atoms with Crippen LogP contribution in [-0.2, 0) is 11.0 Å². The standard InChI is InChI=1S/C21H18ClF3N4O2S/c22-16-6-4-14(5-7-16)19-26-27-20(31-19)32-13-18(30)29-10-8-28(9-11-29)17-3-1-2-15(12-17)21(23,24)25/h1-7,12H,8-11,13H2. The zero-order valence-corrected chi connectivity index (χ0v) is 18.3. The van der Waals surface area contributed by atoms with Crippen molar-refractivity contribution in [2.24, 2.45) is 0 Å². The van der Waals surface area contributed by atoms with E-state index in [0.717, 1.165) is 29.5 Å². The van der Waals surface area contributed by atoms with E-state index in [1.165, 1.54) is 6.07 Å². The van der Waals surface area contributed by atoms with E-state index in [1.807, 2.05) is 4.90 Å². The molecule has 1 amide bonds. The number of hydrogen-bond acceptors (Lipinski definition) is 6. The zero-order chi connectivity index (χ0) is 22.7. The SMILES string of the molecule is O=C(CSc1nnc(-c2ccc(Cl)cc2)o1)N1CCN(c2cccc(C(F)(F)F)c2)CC1. The molecule has 0 radical (unpaired) electrons. The van der Waals surface area contributed by atoms with Crippen molar-refractivity contribution < 1.29 is 22.4 Å². The molecule has 6 nitrogen and oxygen atoms in total. The van der Waals surface area contributed by atoms with Gasteiger partial charge in [0, 0.05) is 42.5 Å². The summed E-state index contributed by atoms with van der Waals surface area (Å²) in [6, 6.07) is 12.2. The lowest BCUT2D eigenvalue weighted by Crippen LogP contribution is -2.49. The molecule has 0 saturated carbocycles. The molecular weight excluding hydrogens is 465 g/mol. The fourth-order valence-electron chi connectivity index (χ4n) is 3.28. The van der Waals surface area contributed by atoms with Crippen molar-refractivity contribution in [3.63, 3.8) is 0 Å². The topological polar surface area (TPSA) is 62.5 Å². The summed E-state index contributed by atoms with van der Waals surface area (Å²) in [7, 11) is 0. The first-order chi connectivity index (χ1) is 15.3. The van der Waals surface area contributed by atoms with E-state index in [-0.39, 0.29) is 16.9 Å². The van der Waals surface area contributed by atoms with Gasteiger partial charge in [0.15, 0.2) is 0 Å². The van der Waals surface area contributed by atoms with Crippen molar-refractivity contribution in [2.45, 2.75) is 11.4 Å². The number of thioether (sulfide) groups is 1. The lowest BCUT2D eigenvalue weighted by Gasteiger charge is -2.36. The van der Waals surface area contributed by atoms with E-state index in [2.05, 4.69) is 10.2 Å². The third-order valence-corrected chi connectivity index (χ3v) is 6.04. The monoisotopic (exact) mass is 482 g/mol. The van der Waals surface area contributed by atoms with Gasteiger partial charge in [-0.2, -0.15) is 13.2 Å². The average molecular weight is 483 g/mol. The highest BCUT2D eigenvalue weighted by molar-refractivity contribution is 7.99. The van der Waals surface area contributed by atoms with Crippen LogP contribution in [0.3, 0.4) is 0 Å². The maximum absolute atomic E-state index is 12.9. The Hall–Kier alpha value is -2.72. The van der Waals surface area contributed by atoms with Gasteiger partial charge < -0.3 is 14.2 Å². The van der Waals surface area contributed by atoms with Crippen molar-refractivity contribution in [1.82, 2.24) is 15.1 Å². The summed E-state index contributed by atoms with van der Waals surface area (Å²) in [5, 5.41) is 8.82. The van der Waals surface area contributed by atoms with Crippen LogP contribution in [0.25, 0.3) is 11.5 Å². The molecular formula is C21H18ClF3N4O2S. The van der Waals surface area contributed by atoms with Gasteiger partial charge in [-0.3, -0.25) is 4.79 Å². The Labute approximate surface area is 191 Å². The summed E-state index contributed by atoms with van der Waals surface area (Å²) < 4.78 is 44.4. The lowest BCUT2D eigenvalue weighted by molar-refractivity contribution is -0.137. The van der Waals surface area contributed by atoms with Gasteiger partial charge in [0.1, 0.15) is 0 Å². The summed E-state index contributed by atoms with van der Waals surface area (Å²) >= 11 is 7.02. The number of piperazine rings is 1. The minimum absolute atomic E-state index is 0.0927. The highest BCUT2D eigenvalue weighted by Gasteiger charge is 2.31. The Kier molecular flexibility index (Phi) is 6.61. The predicted molar refractivity (Wildman–Crippen MR) is 116 cm³/mol. The van der Waals surface area contributed by atoms with Gasteiger partial charge in [0.25, 0.3) is 5.22 Å². The average Bonchev–Trinajstić information content (AvgIpc) is 3.27. The molecule has 2 aromatic carbocycles. The highest BCUT2D eigenvalue weighted by atomic mass is 35.5. The quantitative estimate of drug-likeness (QED) is 0.484. The second-order valence-corrected chi connectivity index (χ2v) is 8.45. The number of carbonyl (C=O) groups excluding carboxylic acids is 1. The van der Waals surface area contributed by atoms with Crippen LogP contribution in [0.4, 0.5) is 18.9 Å². The maximum Gasteiger partial charge on any atom is 0.416 e. The fraction of sp³-hybridized carbons (Fsp3) is 0.286. The summed E-state index contributed by atoms with van der Waals surface area (Å²) in [5.41, 5.74) is 0.551. The number of anilines is 1. The second kappa shape index (κ2) is 9.41. The molecule has 11 heteroatoms. The third-order valence-electron chi connectivity index (χ3n) is 4.99. The minimum atomic E-state index is -4.38. The maximum atomic E-state index is 12.9. The van der Waals surface area contributed by atoms with Gasteiger partial charge in [-0.15, -0.1) is 10.2 Å². The molecule has 2 heterocycles. The molecule has 168 valence electrons. The van der Waals surface area contributed by atoms with Crippen LogP contribution in [0.2, 0.25) is 5.02 Å². The Morgan fingerprint density at radius 3 is 2.47 bits per heavy atom. The van der Waals surface area contributed by atoms with E-state index >= 15 is 0 Å². The van der Waals surface area contributed by atoms with Gasteiger partial charge in [0.2, 0.25) is 11.8 Å². The van der Waals surface area contributed by atoms with Crippen molar-refractivity contribution in [3.8, 4) is 11.5 Å². The predicted octanol–water partition coefficient (Wildman–Crippen LogP) is 4.85. The van der Waals surface area contributed by atoms with Crippen LogP contribution < -0.4 is 4.90 Å². The Morgan fingerprint density at radius 2 is 1.78 bits per heavy atom. The molecule has 0 unspecified atom stereocenters. The van der Waals surface area contributed by atoms with Crippen LogP contribution in [0, 0.1) is 0 Å². The molecule has 0 bridgehead atoms. The van der Waals surface area contributed by atoms with Crippen LogP contribution in [-0.4, -0.2) is 52.9 Å². The zero-order valence-electron chi connectivity index (χ0n) is 16.7. The fourth-order valence-corrected chi connectivity index (χ4v) is 4.08. The highest BCUT2D eigenvalue weighted by Crippen LogP contribution is 2.32. The first-order valence-electron chi connectivity index (χ1n) is 9.72. The first-order valence-corrected chi connectivity index (χ1v) is 11.1. The molecule has 32 heavy (non-hydrogen) atoms. The minimum Gasteiger partial charge on any atom is -0.411 e. The molecule has 4 rings (SSSR count). The molecule has 0 N–H and O–H groups in total. The van der Waals surface area contributed by atoms with Gasteiger partial charge in [0.05, 0.1) is 11.3 Å². The lowest BCUT2D eigenvalue weighted by atomic mass is 10.1. The molecule has 1 fully saturated rings. The van der Waals surface area contributed by atoms with Gasteiger partial charge >= 0.3 is 6.18 Å². The van der Waals surface area contributed by atoms with Gasteiger partial charge in [-0.05, 0) is 42.5 Å². The van der Waals surface area contributed by atoms with Crippen molar-refractivity contribution in [3.05, 3.63) is 59.1 Å². The van der Waals surface area contributed by atoms with E-state index in [9.17, 15) is 18.0 Å². The smallest absolute Gasteiger partial charge is 0.411 e. The Balaban J connectivity index is 1.29. The van der Waals surface area contributed by atoms with E-state index in [0.29, 0.717) is 42.8 Å². The number of aromatic nitrogens is 2. The molecule has 1 aliphatic heterocycles. The van der Waals surface area contributed by atoms with E-state index in [4.69, 9.17) is 16.0 Å². The van der Waals surface area contributed by atoms with Crippen molar-refractivity contribution >= 4 is 35.0 Å². The summed E-state index contributed by atoms with van der Waals surface area (Å²) in [6.45, 7) is 1.77. The molecule has 0 spiro atoms. The molecule has 1 saturated heterocycles. The number of benzene rings is 2. The van der Waals surface area contributed by atoms with E-state index < -0.39 is 11.7 Å². The third kappa shape index (κ3) is 5.36. The Morgan fingerprint density at radius 1 is 1.06 bits per heavy atom. The first kappa shape index (κ1) is 22.5. The number of rotatable bonds is 5. The van der Waals surface area contributed by atoms with Crippen molar-refractivity contribution in [1.29, 1.82) is 0 Å². The Bertz CT molecular complexity index is 1080. The molecule has 1 aliphatic rings. The number of carbonyl (C=O) groups is 1. The second-order valence-electron chi connectivity index (χ2n) is 7.08. The van der Waals surface area contributed by atoms with E-state index in [1.54, 1.807) is 35.2 Å². The summed E-state index contributed by atoms with van der Waals surface area (Å²) in [6.07, 6.45) is -4.38. The van der Waals surface area contributed by atoms with Crippen LogP contribution in [0.15, 0.2) is 58.2 Å². The molecule has 3 aromatic rings. The van der Waals surface area contributed by atoms with Crippen LogP contribution >= 0.6 is 23.4 Å². The number of alkyl halides is 3. The largest absolute Gasteiger partial charge is 0.416 e. The van der Waals surface area contributed by atoms with Crippen LogP contribution in [0.1, 0.15) is 5.56 Å². The number of halogens is 4. The molecule has 1 aromatic heterocycles. The van der Waals surface area contributed by atoms with Gasteiger partial charge in [-0.25, -0.2) is 0 Å². The van der Waals surface area contributed by atoms with Crippen LogP contribution in [0.5, 0.6) is 0 Å². The normalized spacial score (nSPS) is 14.6. The molecule has 0 atom stereocenters.